The molecule has 0 aromatic carbocycles. The van der Waals surface area contributed by atoms with Crippen LogP contribution in [-0.2, 0) is 9.53 Å². The van der Waals surface area contributed by atoms with Gasteiger partial charge in [-0.3, -0.25) is 9.79 Å². The number of carbonyl (C=O) groups is 2. The molecule has 0 spiro atoms. The summed E-state index contributed by atoms with van der Waals surface area (Å²) in [6.45, 7) is 6.07. The topological polar surface area (TPSA) is 170 Å². The minimum absolute atomic E-state index is 0.0847. The highest BCUT2D eigenvalue weighted by Crippen LogP contribution is 2.03. The van der Waals surface area contributed by atoms with Crippen LogP contribution in [0.1, 0.15) is 58.8 Å². The summed E-state index contributed by atoms with van der Waals surface area (Å²) in [4.78, 5) is 27.1. The molecule has 10 nitrogen and oxygen atoms in total. The molecule has 0 radical (unpaired) electrons. The molecular weight excluding hydrogens is 362 g/mol. The number of nitrogens with two attached hydrogens (primary N) is 3. The number of nitrogens with zero attached hydrogens (tertiary/aromatic N) is 1. The monoisotopic (exact) mass is 401 g/mol. The van der Waals surface area contributed by atoms with E-state index in [2.05, 4.69) is 20.9 Å². The number of carbonyl (C=O) groups excluding carboxylic acids is 2. The van der Waals surface area contributed by atoms with Crippen LogP contribution in [0.5, 0.6) is 0 Å². The highest BCUT2D eigenvalue weighted by atomic mass is 16.5. The highest BCUT2D eigenvalue weighted by Gasteiger charge is 2.13. The first kappa shape index (κ1) is 25.9. The second-order valence-electron chi connectivity index (χ2n) is 6.91. The van der Waals surface area contributed by atoms with Crippen molar-refractivity contribution in [1.82, 2.24) is 16.0 Å². The van der Waals surface area contributed by atoms with Crippen molar-refractivity contribution in [3.05, 3.63) is 0 Å². The molecule has 1 unspecified atom stereocenters. The third-order valence-electron chi connectivity index (χ3n) is 3.87. The van der Waals surface area contributed by atoms with E-state index in [0.717, 1.165) is 51.6 Å². The largest absolute Gasteiger partial charge is 0.450 e. The van der Waals surface area contributed by atoms with E-state index in [1.807, 2.05) is 6.92 Å². The molecule has 0 aliphatic rings. The van der Waals surface area contributed by atoms with Crippen molar-refractivity contribution in [2.75, 3.05) is 26.2 Å². The van der Waals surface area contributed by atoms with E-state index in [9.17, 15) is 9.59 Å². The van der Waals surface area contributed by atoms with Crippen LogP contribution in [0.2, 0.25) is 0 Å². The Morgan fingerprint density at radius 2 is 1.75 bits per heavy atom. The summed E-state index contributed by atoms with van der Waals surface area (Å²) >= 11 is 0. The van der Waals surface area contributed by atoms with Crippen LogP contribution < -0.4 is 33.2 Å². The van der Waals surface area contributed by atoms with Crippen LogP contribution in [0, 0.1) is 0 Å². The molecule has 0 bridgehead atoms. The van der Waals surface area contributed by atoms with Gasteiger partial charge in [0.1, 0.15) is 6.17 Å². The molecule has 9 N–H and O–H groups in total. The van der Waals surface area contributed by atoms with Crippen molar-refractivity contribution >= 4 is 18.0 Å². The van der Waals surface area contributed by atoms with Gasteiger partial charge in [-0.1, -0.05) is 6.42 Å². The Balaban J connectivity index is 3.87. The molecule has 0 fully saturated rings. The molecular formula is C18H39N7O3. The van der Waals surface area contributed by atoms with Crippen LogP contribution >= 0.6 is 0 Å². The lowest BCUT2D eigenvalue weighted by molar-refractivity contribution is -0.119. The summed E-state index contributed by atoms with van der Waals surface area (Å²) in [5.74, 6) is -0.120. The van der Waals surface area contributed by atoms with Gasteiger partial charge in [-0.15, -0.1) is 0 Å². The van der Waals surface area contributed by atoms with Gasteiger partial charge in [0.25, 0.3) is 0 Å². The molecule has 0 heterocycles. The van der Waals surface area contributed by atoms with Gasteiger partial charge >= 0.3 is 6.09 Å². The number of aliphatic imine (C=N–C) groups is 1. The minimum Gasteiger partial charge on any atom is -0.450 e. The molecule has 0 saturated heterocycles. The van der Waals surface area contributed by atoms with Gasteiger partial charge in [0.2, 0.25) is 5.91 Å². The molecule has 10 heteroatoms. The summed E-state index contributed by atoms with van der Waals surface area (Å²) in [5.41, 5.74) is 16.2. The van der Waals surface area contributed by atoms with Gasteiger partial charge in [-0.05, 0) is 58.5 Å². The molecule has 28 heavy (non-hydrogen) atoms. The maximum Gasteiger partial charge on any atom is 0.408 e. The van der Waals surface area contributed by atoms with Crippen molar-refractivity contribution in [3.8, 4) is 0 Å². The third-order valence-corrected chi connectivity index (χ3v) is 3.87. The van der Waals surface area contributed by atoms with Crippen molar-refractivity contribution in [2.24, 2.45) is 22.2 Å². The summed E-state index contributed by atoms with van der Waals surface area (Å²) in [6.07, 6.45) is 4.81. The van der Waals surface area contributed by atoms with Gasteiger partial charge in [0, 0.05) is 19.5 Å². The summed E-state index contributed by atoms with van der Waals surface area (Å²) < 4.78 is 5.18. The van der Waals surface area contributed by atoms with E-state index < -0.39 is 12.3 Å². The van der Waals surface area contributed by atoms with Crippen molar-refractivity contribution in [2.45, 2.75) is 71.0 Å². The smallest absolute Gasteiger partial charge is 0.408 e. The Morgan fingerprint density at radius 1 is 1.00 bits per heavy atom. The van der Waals surface area contributed by atoms with Gasteiger partial charge in [0.15, 0.2) is 5.96 Å². The maximum atomic E-state index is 11.9. The number of ether oxygens (including phenoxy) is 1. The molecule has 2 amide bonds. The number of unbranched alkanes of at least 4 members (excludes halogenated alkanes) is 3. The van der Waals surface area contributed by atoms with E-state index in [1.165, 1.54) is 6.92 Å². The maximum absolute atomic E-state index is 11.9. The second-order valence-corrected chi connectivity index (χ2v) is 6.91. The van der Waals surface area contributed by atoms with Crippen LogP contribution in [-0.4, -0.2) is 56.4 Å². The average molecular weight is 402 g/mol. The number of amides is 2. The average Bonchev–Trinajstić information content (AvgIpc) is 2.59. The lowest BCUT2D eigenvalue weighted by Gasteiger charge is -2.19. The third kappa shape index (κ3) is 18.7. The number of alkyl carbamates (subject to hydrolysis) is 1. The van der Waals surface area contributed by atoms with Gasteiger partial charge < -0.3 is 37.9 Å². The Labute approximate surface area is 168 Å². The van der Waals surface area contributed by atoms with Crippen LogP contribution in [0.15, 0.2) is 4.99 Å². The fourth-order valence-electron chi connectivity index (χ4n) is 2.43. The van der Waals surface area contributed by atoms with E-state index in [4.69, 9.17) is 21.9 Å². The SMILES string of the molecule is CC(=O)NC(CCCCCN=C(N)N)NC(=O)OCCCCNCC[C@@H](C)N. The number of rotatable bonds is 16. The molecule has 0 aromatic rings. The van der Waals surface area contributed by atoms with Crippen molar-refractivity contribution in [1.29, 1.82) is 0 Å². The van der Waals surface area contributed by atoms with Crippen LogP contribution in [0.4, 0.5) is 4.79 Å². The molecule has 164 valence electrons. The minimum atomic E-state index is -0.524. The number of nitrogens with one attached hydrogen (secondary N) is 3. The Morgan fingerprint density at radius 3 is 2.39 bits per heavy atom. The molecule has 0 aromatic heterocycles. The second kappa shape index (κ2) is 17.1. The van der Waals surface area contributed by atoms with E-state index in [1.54, 1.807) is 0 Å². The molecule has 0 rings (SSSR count). The predicted octanol–water partition coefficient (Wildman–Crippen LogP) is 0.116. The quantitative estimate of drug-likeness (QED) is 0.0922. The van der Waals surface area contributed by atoms with Crippen molar-refractivity contribution < 1.29 is 14.3 Å². The van der Waals surface area contributed by atoms with E-state index in [0.29, 0.717) is 19.6 Å². The number of hydrogen-bond acceptors (Lipinski definition) is 6. The Bertz CT molecular complexity index is 454. The standard InChI is InChI=1S/C18H39N7O3/c1-14(19)9-12-22-10-6-7-13-28-18(27)25-16(24-15(2)26)8-4-3-5-11-23-17(20)21/h14,16,22H,3-13,19H2,1-2H3,(H,24,26)(H,25,27)(H4,20,21,23)/t14-,16?/m1/s1. The number of guanidine groups is 1. The fourth-order valence-corrected chi connectivity index (χ4v) is 2.43. The lowest BCUT2D eigenvalue weighted by Crippen LogP contribution is -2.47. The van der Waals surface area contributed by atoms with E-state index in [-0.39, 0.29) is 17.9 Å². The van der Waals surface area contributed by atoms with Gasteiger partial charge in [-0.25, -0.2) is 4.79 Å². The lowest BCUT2D eigenvalue weighted by atomic mass is 10.1. The molecule has 0 aliphatic heterocycles. The number of hydrogen-bond donors (Lipinski definition) is 6. The van der Waals surface area contributed by atoms with Gasteiger partial charge in [0.05, 0.1) is 6.61 Å². The summed E-state index contributed by atoms with van der Waals surface area (Å²) in [6, 6.07) is 0.203. The first-order valence-electron chi connectivity index (χ1n) is 10.0. The first-order chi connectivity index (χ1) is 13.3. The highest BCUT2D eigenvalue weighted by molar-refractivity contribution is 5.75. The van der Waals surface area contributed by atoms with E-state index >= 15 is 0 Å². The first-order valence-corrected chi connectivity index (χ1v) is 10.0. The zero-order chi connectivity index (χ0) is 21.2. The van der Waals surface area contributed by atoms with Gasteiger partial charge in [-0.2, -0.15) is 0 Å². The Kier molecular flexibility index (Phi) is 15.8. The van der Waals surface area contributed by atoms with Crippen LogP contribution in [0.25, 0.3) is 0 Å². The molecule has 0 aliphatic carbocycles. The van der Waals surface area contributed by atoms with Crippen molar-refractivity contribution in [3.63, 3.8) is 0 Å². The Hall–Kier alpha value is -2.07. The zero-order valence-corrected chi connectivity index (χ0v) is 17.3. The summed E-state index contributed by atoms with van der Waals surface area (Å²) in [5, 5.41) is 8.70. The fraction of sp³-hybridized carbons (Fsp3) is 0.833. The summed E-state index contributed by atoms with van der Waals surface area (Å²) in [7, 11) is 0. The van der Waals surface area contributed by atoms with Crippen LogP contribution in [0.3, 0.4) is 0 Å². The molecule has 2 atom stereocenters. The predicted molar refractivity (Wildman–Crippen MR) is 112 cm³/mol. The zero-order valence-electron chi connectivity index (χ0n) is 17.3. The normalized spacial score (nSPS) is 12.7. The molecule has 0 saturated carbocycles.